The number of halogens is 1. The van der Waals surface area contributed by atoms with Crippen molar-refractivity contribution in [2.45, 2.75) is 5.16 Å². The van der Waals surface area contributed by atoms with Crippen LogP contribution in [0.5, 0.6) is 11.5 Å². The summed E-state index contributed by atoms with van der Waals surface area (Å²) in [6, 6.07) is 12.6. The van der Waals surface area contributed by atoms with Gasteiger partial charge in [-0.3, -0.25) is 4.79 Å². The van der Waals surface area contributed by atoms with Crippen LogP contribution in [0, 0.1) is 0 Å². The number of methoxy groups -OCH3 is 2. The summed E-state index contributed by atoms with van der Waals surface area (Å²) in [6.45, 7) is 0. The van der Waals surface area contributed by atoms with Gasteiger partial charge in [0.25, 0.3) is 0 Å². The summed E-state index contributed by atoms with van der Waals surface area (Å²) in [6.07, 6.45) is 0. The molecule has 10 heteroatoms. The van der Waals surface area contributed by atoms with Gasteiger partial charge in [0, 0.05) is 6.07 Å². The van der Waals surface area contributed by atoms with Crippen LogP contribution in [-0.2, 0) is 4.79 Å². The van der Waals surface area contributed by atoms with Gasteiger partial charge in [-0.1, -0.05) is 41.6 Å². The van der Waals surface area contributed by atoms with Crippen molar-refractivity contribution in [1.29, 1.82) is 0 Å². The molecule has 140 valence electrons. The second-order valence-corrected chi connectivity index (χ2v) is 6.58. The zero-order valence-electron chi connectivity index (χ0n) is 14.5. The van der Waals surface area contributed by atoms with E-state index in [1.165, 1.54) is 26.0 Å². The van der Waals surface area contributed by atoms with E-state index in [1.807, 2.05) is 30.3 Å². The van der Waals surface area contributed by atoms with Crippen molar-refractivity contribution < 1.29 is 14.3 Å². The molecular formula is C17H16ClN5O3S. The first-order valence-electron chi connectivity index (χ1n) is 7.80. The second kappa shape index (κ2) is 8.74. The van der Waals surface area contributed by atoms with Crippen LogP contribution in [-0.4, -0.2) is 46.1 Å². The Morgan fingerprint density at radius 3 is 2.63 bits per heavy atom. The van der Waals surface area contributed by atoms with Gasteiger partial charge in [-0.2, -0.15) is 4.68 Å². The van der Waals surface area contributed by atoms with Gasteiger partial charge in [-0.25, -0.2) is 0 Å². The van der Waals surface area contributed by atoms with Crippen molar-refractivity contribution in [2.75, 3.05) is 25.3 Å². The molecule has 0 atom stereocenters. The van der Waals surface area contributed by atoms with Crippen molar-refractivity contribution in [3.63, 3.8) is 0 Å². The number of aromatic nitrogens is 4. The maximum atomic E-state index is 12.3. The summed E-state index contributed by atoms with van der Waals surface area (Å²) < 4.78 is 12.0. The van der Waals surface area contributed by atoms with Crippen LogP contribution in [0.4, 0.5) is 5.69 Å². The molecule has 0 saturated heterocycles. The fourth-order valence-corrected chi connectivity index (χ4v) is 3.21. The third kappa shape index (κ3) is 4.50. The number of benzene rings is 2. The van der Waals surface area contributed by atoms with Crippen LogP contribution < -0.4 is 14.8 Å². The SMILES string of the molecule is COc1cc(OC)c(NC(=O)CSc2nnnn2-c2ccccc2)cc1Cl. The number of nitrogens with one attached hydrogen (secondary N) is 1. The van der Waals surface area contributed by atoms with Crippen LogP contribution in [0.15, 0.2) is 47.6 Å². The van der Waals surface area contributed by atoms with Gasteiger partial charge < -0.3 is 14.8 Å². The highest BCUT2D eigenvalue weighted by Gasteiger charge is 2.15. The van der Waals surface area contributed by atoms with Crippen LogP contribution in [0.25, 0.3) is 5.69 Å². The van der Waals surface area contributed by atoms with E-state index in [1.54, 1.807) is 16.8 Å². The molecule has 0 bridgehead atoms. The minimum atomic E-state index is -0.248. The summed E-state index contributed by atoms with van der Waals surface area (Å²) in [5.74, 6) is 0.772. The summed E-state index contributed by atoms with van der Waals surface area (Å²) in [5, 5.41) is 15.3. The number of para-hydroxylation sites is 1. The molecule has 0 saturated carbocycles. The largest absolute Gasteiger partial charge is 0.495 e. The number of carbonyl (C=O) groups excluding carboxylic acids is 1. The highest BCUT2D eigenvalue weighted by molar-refractivity contribution is 7.99. The van der Waals surface area contributed by atoms with Gasteiger partial charge in [-0.05, 0) is 28.6 Å². The number of amides is 1. The van der Waals surface area contributed by atoms with Gasteiger partial charge >= 0.3 is 0 Å². The topological polar surface area (TPSA) is 91.2 Å². The molecule has 0 spiro atoms. The van der Waals surface area contributed by atoms with Crippen LogP contribution in [0.1, 0.15) is 0 Å². The third-order valence-electron chi connectivity index (χ3n) is 3.52. The summed E-state index contributed by atoms with van der Waals surface area (Å²) in [5.41, 5.74) is 1.27. The van der Waals surface area contributed by atoms with E-state index < -0.39 is 0 Å². The molecule has 2 aromatic carbocycles. The Hall–Kier alpha value is -2.78. The molecular weight excluding hydrogens is 390 g/mol. The normalized spacial score (nSPS) is 10.5. The molecule has 1 N–H and O–H groups in total. The minimum absolute atomic E-state index is 0.111. The number of tetrazole rings is 1. The van der Waals surface area contributed by atoms with E-state index in [0.717, 1.165) is 5.69 Å². The monoisotopic (exact) mass is 405 g/mol. The lowest BCUT2D eigenvalue weighted by atomic mass is 10.2. The average molecular weight is 406 g/mol. The Morgan fingerprint density at radius 1 is 1.19 bits per heavy atom. The molecule has 0 aliphatic carbocycles. The maximum Gasteiger partial charge on any atom is 0.234 e. The van der Waals surface area contributed by atoms with Gasteiger partial charge in [0.2, 0.25) is 11.1 Å². The zero-order valence-corrected chi connectivity index (χ0v) is 16.1. The first-order valence-corrected chi connectivity index (χ1v) is 9.16. The summed E-state index contributed by atoms with van der Waals surface area (Å²) in [4.78, 5) is 12.3. The smallest absolute Gasteiger partial charge is 0.234 e. The lowest BCUT2D eigenvalue weighted by Crippen LogP contribution is -2.15. The van der Waals surface area contributed by atoms with Crippen molar-refractivity contribution >= 4 is 35.0 Å². The molecule has 0 unspecified atom stereocenters. The number of ether oxygens (including phenoxy) is 2. The summed E-state index contributed by atoms with van der Waals surface area (Å²) in [7, 11) is 3.01. The highest BCUT2D eigenvalue weighted by Crippen LogP contribution is 2.36. The van der Waals surface area contributed by atoms with Crippen molar-refractivity contribution in [3.05, 3.63) is 47.5 Å². The Balaban J connectivity index is 1.68. The van der Waals surface area contributed by atoms with Gasteiger partial charge in [0.05, 0.1) is 36.4 Å². The second-order valence-electron chi connectivity index (χ2n) is 5.23. The molecule has 1 heterocycles. The van der Waals surface area contributed by atoms with Gasteiger partial charge in [0.1, 0.15) is 11.5 Å². The van der Waals surface area contributed by atoms with Crippen LogP contribution in [0.3, 0.4) is 0 Å². The fourth-order valence-electron chi connectivity index (χ4n) is 2.27. The Morgan fingerprint density at radius 2 is 1.93 bits per heavy atom. The van der Waals surface area contributed by atoms with E-state index in [-0.39, 0.29) is 11.7 Å². The van der Waals surface area contributed by atoms with E-state index in [4.69, 9.17) is 21.1 Å². The molecule has 27 heavy (non-hydrogen) atoms. The first-order chi connectivity index (χ1) is 13.1. The number of anilines is 1. The molecule has 0 fully saturated rings. The Bertz CT molecular complexity index is 936. The lowest BCUT2D eigenvalue weighted by molar-refractivity contribution is -0.113. The third-order valence-corrected chi connectivity index (χ3v) is 4.74. The number of hydrogen-bond donors (Lipinski definition) is 1. The Labute approximate surface area is 164 Å². The molecule has 1 amide bonds. The average Bonchev–Trinajstić information content (AvgIpc) is 3.16. The van der Waals surface area contributed by atoms with Crippen molar-refractivity contribution in [1.82, 2.24) is 20.2 Å². The molecule has 3 aromatic rings. The van der Waals surface area contributed by atoms with Crippen LogP contribution >= 0.6 is 23.4 Å². The molecule has 0 radical (unpaired) electrons. The maximum absolute atomic E-state index is 12.3. The zero-order chi connectivity index (χ0) is 19.2. The number of hydrogen-bond acceptors (Lipinski definition) is 7. The number of carbonyl (C=O) groups is 1. The molecule has 0 aliphatic heterocycles. The van der Waals surface area contributed by atoms with E-state index in [0.29, 0.717) is 27.4 Å². The number of thioether (sulfide) groups is 1. The van der Waals surface area contributed by atoms with Gasteiger partial charge in [0.15, 0.2) is 0 Å². The van der Waals surface area contributed by atoms with E-state index in [9.17, 15) is 4.79 Å². The highest BCUT2D eigenvalue weighted by atomic mass is 35.5. The predicted octanol–water partition coefficient (Wildman–Crippen LogP) is 3.06. The number of nitrogens with zero attached hydrogens (tertiary/aromatic N) is 4. The summed E-state index contributed by atoms with van der Waals surface area (Å²) >= 11 is 7.34. The van der Waals surface area contributed by atoms with Gasteiger partial charge in [-0.15, -0.1) is 5.10 Å². The molecule has 3 rings (SSSR count). The Kier molecular flexibility index (Phi) is 6.15. The number of rotatable bonds is 7. The fraction of sp³-hybridized carbons (Fsp3) is 0.176. The van der Waals surface area contributed by atoms with Crippen molar-refractivity contribution in [3.8, 4) is 17.2 Å². The molecule has 1 aromatic heterocycles. The lowest BCUT2D eigenvalue weighted by Gasteiger charge is -2.13. The predicted molar refractivity (Wildman–Crippen MR) is 103 cm³/mol. The van der Waals surface area contributed by atoms with Crippen LogP contribution in [0.2, 0.25) is 5.02 Å². The minimum Gasteiger partial charge on any atom is -0.495 e. The molecule has 0 aliphatic rings. The van der Waals surface area contributed by atoms with E-state index in [2.05, 4.69) is 20.8 Å². The standard InChI is InChI=1S/C17H16ClN5O3S/c1-25-14-9-15(26-2)13(8-12(14)18)19-16(24)10-27-17-20-21-22-23(17)11-6-4-3-5-7-11/h3-9H,10H2,1-2H3,(H,19,24). The molecule has 8 nitrogen and oxygen atoms in total. The van der Waals surface area contributed by atoms with E-state index >= 15 is 0 Å². The van der Waals surface area contributed by atoms with Crippen molar-refractivity contribution in [2.24, 2.45) is 0 Å². The quantitative estimate of drug-likeness (QED) is 0.604. The first kappa shape index (κ1) is 19.0.